The molecule has 1 fully saturated rings. The summed E-state index contributed by atoms with van der Waals surface area (Å²) in [4.78, 5) is 14.5. The molecule has 8 aromatic rings. The van der Waals surface area contributed by atoms with E-state index in [-0.39, 0.29) is 42.8 Å². The van der Waals surface area contributed by atoms with Crippen molar-refractivity contribution in [3.8, 4) is 22.8 Å². The fourth-order valence-corrected chi connectivity index (χ4v) is 8.22. The van der Waals surface area contributed by atoms with Gasteiger partial charge in [-0.1, -0.05) is 121 Å². The topological polar surface area (TPSA) is 108 Å². The summed E-state index contributed by atoms with van der Waals surface area (Å²) in [6, 6.07) is 50.5. The molecule has 3 heterocycles. The summed E-state index contributed by atoms with van der Waals surface area (Å²) in [6.07, 6.45) is -2.38. The number of rotatable bonds is 17. The first kappa shape index (κ1) is 41.8. The van der Waals surface area contributed by atoms with Crippen molar-refractivity contribution in [2.45, 2.75) is 56.9 Å². The SMILES string of the molecule is COc1ccc(-c2cc(=O)c3c(OC)c4ccoc4c([C@@H]4O[C@H](COCc5ccccc5)[C@@H](OCc5ccccc5)[C@H](OCc5ccccc5)[C@H]4OCc4ccccc4)c3o2)cc1. The lowest BCUT2D eigenvalue weighted by atomic mass is 9.88. The first-order valence-electron chi connectivity index (χ1n) is 21.0. The third kappa shape index (κ3) is 9.32. The van der Waals surface area contributed by atoms with Gasteiger partial charge in [0, 0.05) is 11.6 Å². The minimum atomic E-state index is -0.951. The van der Waals surface area contributed by atoms with Crippen LogP contribution in [0, 0.1) is 0 Å². The zero-order chi connectivity index (χ0) is 43.0. The van der Waals surface area contributed by atoms with E-state index in [0.29, 0.717) is 46.0 Å². The molecule has 0 aliphatic carbocycles. The molecule has 0 radical (unpaired) electrons. The molecule has 10 nitrogen and oxygen atoms in total. The lowest BCUT2D eigenvalue weighted by Crippen LogP contribution is -2.58. The Morgan fingerprint density at radius 2 is 1.10 bits per heavy atom. The molecule has 0 saturated carbocycles. The summed E-state index contributed by atoms with van der Waals surface area (Å²) in [5.41, 5.74) is 5.42. The van der Waals surface area contributed by atoms with E-state index < -0.39 is 30.5 Å². The number of hydrogen-bond donors (Lipinski definition) is 0. The van der Waals surface area contributed by atoms with Crippen molar-refractivity contribution in [3.63, 3.8) is 0 Å². The molecular formula is C53H48O10. The Morgan fingerprint density at radius 3 is 1.65 bits per heavy atom. The van der Waals surface area contributed by atoms with Gasteiger partial charge in [-0.3, -0.25) is 4.79 Å². The highest BCUT2D eigenvalue weighted by atomic mass is 16.6. The maximum Gasteiger partial charge on any atom is 0.197 e. The second kappa shape index (κ2) is 19.7. The zero-order valence-corrected chi connectivity index (χ0v) is 35.1. The molecule has 0 spiro atoms. The number of fused-ring (bicyclic) bond motifs is 2. The minimum Gasteiger partial charge on any atom is -0.497 e. The number of methoxy groups -OCH3 is 2. The summed E-state index contributed by atoms with van der Waals surface area (Å²) < 4.78 is 59.5. The molecule has 63 heavy (non-hydrogen) atoms. The Kier molecular flexibility index (Phi) is 13.1. The summed E-state index contributed by atoms with van der Waals surface area (Å²) >= 11 is 0. The highest BCUT2D eigenvalue weighted by Gasteiger charge is 2.51. The van der Waals surface area contributed by atoms with Crippen molar-refractivity contribution in [3.05, 3.63) is 202 Å². The van der Waals surface area contributed by atoms with Crippen LogP contribution >= 0.6 is 0 Å². The van der Waals surface area contributed by atoms with Gasteiger partial charge in [0.1, 0.15) is 58.7 Å². The van der Waals surface area contributed by atoms with Crippen LogP contribution in [0.15, 0.2) is 178 Å². The van der Waals surface area contributed by atoms with E-state index in [1.807, 2.05) is 146 Å². The molecule has 6 aromatic carbocycles. The van der Waals surface area contributed by atoms with Gasteiger partial charge < -0.3 is 42.0 Å². The molecule has 9 rings (SSSR count). The van der Waals surface area contributed by atoms with Crippen LogP contribution in [-0.2, 0) is 50.1 Å². The molecular weight excluding hydrogens is 797 g/mol. The normalized spacial score (nSPS) is 18.7. The van der Waals surface area contributed by atoms with Crippen molar-refractivity contribution >= 4 is 21.9 Å². The van der Waals surface area contributed by atoms with Crippen LogP contribution in [0.4, 0.5) is 0 Å². The van der Waals surface area contributed by atoms with Crippen LogP contribution in [-0.4, -0.2) is 45.2 Å². The molecule has 320 valence electrons. The zero-order valence-electron chi connectivity index (χ0n) is 35.1. The standard InChI is InChI=1S/C53H48O10/c1-55-40-25-23-39(24-26-40)43-29-42(54)45-47(56-2)41-27-28-58-48(41)46(50(45)62-43)51-53(61-33-38-21-13-6-14-22-38)52(60-32-37-19-11-5-12-20-37)49(59-31-36-17-9-4-10-18-36)44(63-51)34-57-30-35-15-7-3-8-16-35/h3-29,44,49,51-53H,30-34H2,1-2H3/t44-,49-,51+,52+,53+/m1/s1. The maximum atomic E-state index is 14.5. The van der Waals surface area contributed by atoms with E-state index in [2.05, 4.69) is 0 Å². The van der Waals surface area contributed by atoms with Gasteiger partial charge >= 0.3 is 0 Å². The number of benzene rings is 6. The van der Waals surface area contributed by atoms with E-state index in [4.69, 9.17) is 42.0 Å². The summed E-state index contributed by atoms with van der Waals surface area (Å²) in [6.45, 7) is 1.22. The molecule has 10 heteroatoms. The lowest BCUT2D eigenvalue weighted by molar-refractivity contribution is -0.274. The summed E-state index contributed by atoms with van der Waals surface area (Å²) in [5, 5.41) is 0.821. The fourth-order valence-electron chi connectivity index (χ4n) is 8.22. The van der Waals surface area contributed by atoms with E-state index >= 15 is 0 Å². The quantitative estimate of drug-likeness (QED) is 0.0879. The highest BCUT2D eigenvalue weighted by molar-refractivity contribution is 6.05. The van der Waals surface area contributed by atoms with Crippen molar-refractivity contribution < 1.29 is 42.0 Å². The van der Waals surface area contributed by atoms with Gasteiger partial charge in [-0.05, 0) is 52.6 Å². The van der Waals surface area contributed by atoms with Crippen molar-refractivity contribution in [1.29, 1.82) is 0 Å². The van der Waals surface area contributed by atoms with Crippen molar-refractivity contribution in [2.24, 2.45) is 0 Å². The summed E-state index contributed by atoms with van der Waals surface area (Å²) in [7, 11) is 3.13. The molecule has 1 saturated heterocycles. The average molecular weight is 845 g/mol. The largest absolute Gasteiger partial charge is 0.497 e. The van der Waals surface area contributed by atoms with Crippen molar-refractivity contribution in [1.82, 2.24) is 0 Å². The lowest BCUT2D eigenvalue weighted by Gasteiger charge is -2.46. The van der Waals surface area contributed by atoms with Crippen LogP contribution in [0.2, 0.25) is 0 Å². The van der Waals surface area contributed by atoms with Crippen molar-refractivity contribution in [2.75, 3.05) is 20.8 Å². The number of furan rings is 1. The highest BCUT2D eigenvalue weighted by Crippen LogP contribution is 2.47. The molecule has 1 aliphatic rings. The number of ether oxygens (including phenoxy) is 7. The van der Waals surface area contributed by atoms with Gasteiger partial charge in [0.15, 0.2) is 11.0 Å². The van der Waals surface area contributed by atoms with Crippen LogP contribution in [0.1, 0.15) is 33.9 Å². The molecule has 5 atom stereocenters. The van der Waals surface area contributed by atoms with Gasteiger partial charge in [0.05, 0.1) is 64.5 Å². The second-order valence-electron chi connectivity index (χ2n) is 15.4. The van der Waals surface area contributed by atoms with Crippen LogP contribution in [0.5, 0.6) is 11.5 Å². The second-order valence-corrected chi connectivity index (χ2v) is 15.4. The van der Waals surface area contributed by atoms with Crippen LogP contribution in [0.3, 0.4) is 0 Å². The maximum absolute atomic E-state index is 14.5. The fraction of sp³-hybridized carbons (Fsp3) is 0.226. The third-order valence-corrected chi connectivity index (χ3v) is 11.3. The molecule has 2 aromatic heterocycles. The number of hydrogen-bond acceptors (Lipinski definition) is 10. The molecule has 0 unspecified atom stereocenters. The van der Waals surface area contributed by atoms with Gasteiger partial charge in [-0.15, -0.1) is 0 Å². The molecule has 1 aliphatic heterocycles. The van der Waals surface area contributed by atoms with Gasteiger partial charge in [-0.25, -0.2) is 0 Å². The van der Waals surface area contributed by atoms with E-state index in [1.54, 1.807) is 19.4 Å². The van der Waals surface area contributed by atoms with E-state index in [9.17, 15) is 4.79 Å². The first-order valence-corrected chi connectivity index (χ1v) is 21.0. The molecule has 0 amide bonds. The average Bonchev–Trinajstić information content (AvgIpc) is 3.82. The summed E-state index contributed by atoms with van der Waals surface area (Å²) in [5.74, 6) is 1.33. The minimum absolute atomic E-state index is 0.137. The van der Waals surface area contributed by atoms with Gasteiger partial charge in [0.25, 0.3) is 0 Å². The predicted octanol–water partition coefficient (Wildman–Crippen LogP) is 10.6. The van der Waals surface area contributed by atoms with Gasteiger partial charge in [0.2, 0.25) is 0 Å². The third-order valence-electron chi connectivity index (χ3n) is 11.3. The smallest absolute Gasteiger partial charge is 0.197 e. The van der Waals surface area contributed by atoms with E-state index in [1.165, 1.54) is 13.2 Å². The van der Waals surface area contributed by atoms with Crippen LogP contribution < -0.4 is 14.9 Å². The first-order chi connectivity index (χ1) is 31.1. The molecule has 0 N–H and O–H groups in total. The molecule has 0 bridgehead atoms. The Morgan fingerprint density at radius 1 is 0.556 bits per heavy atom. The van der Waals surface area contributed by atoms with Gasteiger partial charge in [-0.2, -0.15) is 0 Å². The van der Waals surface area contributed by atoms with Crippen LogP contribution in [0.25, 0.3) is 33.3 Å². The Hall–Kier alpha value is -6.53. The predicted molar refractivity (Wildman–Crippen MR) is 240 cm³/mol. The Bertz CT molecular complexity index is 2750. The monoisotopic (exact) mass is 844 g/mol. The van der Waals surface area contributed by atoms with E-state index in [0.717, 1.165) is 22.3 Å². The Balaban J connectivity index is 1.23. The Labute approximate surface area is 365 Å².